The van der Waals surface area contributed by atoms with Gasteiger partial charge in [-0.05, 0) is 38.7 Å². The van der Waals surface area contributed by atoms with Gasteiger partial charge in [-0.3, -0.25) is 4.79 Å². The van der Waals surface area contributed by atoms with E-state index in [4.69, 9.17) is 0 Å². The molecule has 1 aromatic rings. The predicted molar refractivity (Wildman–Crippen MR) is 72.5 cm³/mol. The lowest BCUT2D eigenvalue weighted by atomic mass is 10.00. The van der Waals surface area contributed by atoms with Gasteiger partial charge in [-0.25, -0.2) is 4.79 Å². The molecular formula is C14H19N3O3. The number of carboxylic acids is 1. The molecule has 1 aromatic heterocycles. The molecule has 0 aromatic carbocycles. The van der Waals surface area contributed by atoms with Gasteiger partial charge < -0.3 is 10.0 Å². The summed E-state index contributed by atoms with van der Waals surface area (Å²) >= 11 is 0. The number of amides is 1. The second-order valence-electron chi connectivity index (χ2n) is 5.05. The Morgan fingerprint density at radius 1 is 1.40 bits per heavy atom. The summed E-state index contributed by atoms with van der Waals surface area (Å²) in [6.07, 6.45) is 2.80. The molecule has 0 bridgehead atoms. The molecule has 1 N–H and O–H groups in total. The quantitative estimate of drug-likeness (QED) is 0.903. The smallest absolute Gasteiger partial charge is 0.326 e. The van der Waals surface area contributed by atoms with E-state index in [1.807, 2.05) is 6.92 Å². The van der Waals surface area contributed by atoms with E-state index in [1.165, 1.54) is 4.90 Å². The van der Waals surface area contributed by atoms with Crippen LogP contribution in [0.15, 0.2) is 6.07 Å². The molecule has 1 unspecified atom stereocenters. The van der Waals surface area contributed by atoms with Crippen LogP contribution in [0.1, 0.15) is 47.9 Å². The van der Waals surface area contributed by atoms with E-state index in [0.29, 0.717) is 36.3 Å². The highest BCUT2D eigenvalue weighted by atomic mass is 16.4. The summed E-state index contributed by atoms with van der Waals surface area (Å²) < 4.78 is 0. The number of rotatable bonds is 3. The van der Waals surface area contributed by atoms with Gasteiger partial charge in [0.25, 0.3) is 5.91 Å². The summed E-state index contributed by atoms with van der Waals surface area (Å²) in [4.78, 5) is 25.4. The van der Waals surface area contributed by atoms with Crippen molar-refractivity contribution in [3.8, 4) is 0 Å². The van der Waals surface area contributed by atoms with Crippen molar-refractivity contribution >= 4 is 11.9 Å². The summed E-state index contributed by atoms with van der Waals surface area (Å²) in [7, 11) is 0. The summed E-state index contributed by atoms with van der Waals surface area (Å²) in [6.45, 7) is 4.16. The van der Waals surface area contributed by atoms with E-state index in [0.717, 1.165) is 12.8 Å². The number of aryl methyl sites for hydroxylation is 2. The van der Waals surface area contributed by atoms with Crippen LogP contribution in [0.4, 0.5) is 0 Å². The molecule has 2 heterocycles. The minimum atomic E-state index is -0.935. The molecular weight excluding hydrogens is 258 g/mol. The highest BCUT2D eigenvalue weighted by Crippen LogP contribution is 2.21. The third kappa shape index (κ3) is 2.79. The number of hydrogen-bond donors (Lipinski definition) is 1. The molecule has 1 atom stereocenters. The topological polar surface area (TPSA) is 83.4 Å². The third-order valence-corrected chi connectivity index (χ3v) is 3.61. The van der Waals surface area contributed by atoms with Crippen LogP contribution < -0.4 is 0 Å². The van der Waals surface area contributed by atoms with Gasteiger partial charge in [-0.2, -0.15) is 10.2 Å². The molecule has 0 radical (unpaired) electrons. The first-order valence-corrected chi connectivity index (χ1v) is 6.91. The van der Waals surface area contributed by atoms with E-state index in [2.05, 4.69) is 10.2 Å². The fourth-order valence-electron chi connectivity index (χ4n) is 2.55. The maximum Gasteiger partial charge on any atom is 0.326 e. The standard InChI is InChI=1S/C14H19N3O3/c1-3-11-10(8-9(2)15-16-11)13(18)17-7-5-4-6-12(17)14(19)20/h8,12H,3-7H2,1-2H3,(H,19,20). The number of aromatic nitrogens is 2. The monoisotopic (exact) mass is 277 g/mol. The summed E-state index contributed by atoms with van der Waals surface area (Å²) in [5.74, 6) is -1.18. The Hall–Kier alpha value is -1.98. The predicted octanol–water partition coefficient (Wildman–Crippen LogP) is 1.43. The van der Waals surface area contributed by atoms with Crippen LogP contribution in [0.5, 0.6) is 0 Å². The molecule has 2 rings (SSSR count). The summed E-state index contributed by atoms with van der Waals surface area (Å²) in [5, 5.41) is 17.3. The molecule has 1 saturated heterocycles. The molecule has 0 saturated carbocycles. The van der Waals surface area contributed by atoms with Crippen molar-refractivity contribution in [2.75, 3.05) is 6.54 Å². The summed E-state index contributed by atoms with van der Waals surface area (Å²) in [6, 6.07) is 0.969. The first kappa shape index (κ1) is 14.4. The SMILES string of the molecule is CCc1nnc(C)cc1C(=O)N1CCCCC1C(=O)O. The lowest BCUT2D eigenvalue weighted by Crippen LogP contribution is -2.48. The van der Waals surface area contributed by atoms with Gasteiger partial charge in [0.15, 0.2) is 0 Å². The Bertz CT molecular complexity index is 530. The van der Waals surface area contributed by atoms with Gasteiger partial charge in [-0.15, -0.1) is 0 Å². The molecule has 1 aliphatic rings. The Kier molecular flexibility index (Phi) is 4.32. The number of hydrogen-bond acceptors (Lipinski definition) is 4. The van der Waals surface area contributed by atoms with Gasteiger partial charge in [-0.1, -0.05) is 6.92 Å². The van der Waals surface area contributed by atoms with Crippen molar-refractivity contribution in [2.45, 2.75) is 45.6 Å². The number of carboxylic acid groups (broad SMARTS) is 1. The number of nitrogens with zero attached hydrogens (tertiary/aromatic N) is 3. The normalized spacial score (nSPS) is 18.9. The third-order valence-electron chi connectivity index (χ3n) is 3.61. The van der Waals surface area contributed by atoms with Crippen molar-refractivity contribution in [3.05, 3.63) is 23.0 Å². The van der Waals surface area contributed by atoms with Gasteiger partial charge in [0.05, 0.1) is 17.0 Å². The van der Waals surface area contributed by atoms with Gasteiger partial charge in [0.1, 0.15) is 6.04 Å². The Balaban J connectivity index is 2.34. The molecule has 108 valence electrons. The largest absolute Gasteiger partial charge is 0.480 e. The molecule has 6 nitrogen and oxygen atoms in total. The number of likely N-dealkylation sites (tertiary alicyclic amines) is 1. The van der Waals surface area contributed by atoms with Crippen LogP contribution in [0.25, 0.3) is 0 Å². The number of carbonyl (C=O) groups is 2. The minimum absolute atomic E-state index is 0.244. The number of piperidine rings is 1. The Morgan fingerprint density at radius 2 is 2.15 bits per heavy atom. The van der Waals surface area contributed by atoms with Gasteiger partial charge in [0.2, 0.25) is 0 Å². The van der Waals surface area contributed by atoms with Crippen LogP contribution >= 0.6 is 0 Å². The van der Waals surface area contributed by atoms with E-state index in [-0.39, 0.29) is 5.91 Å². The minimum Gasteiger partial charge on any atom is -0.480 e. The molecule has 0 aliphatic carbocycles. The second kappa shape index (κ2) is 5.98. The lowest BCUT2D eigenvalue weighted by molar-refractivity contribution is -0.143. The average Bonchev–Trinajstić information content (AvgIpc) is 2.46. The Labute approximate surface area is 117 Å². The molecule has 6 heteroatoms. The zero-order chi connectivity index (χ0) is 14.7. The molecule has 1 aliphatic heterocycles. The molecule has 0 spiro atoms. The van der Waals surface area contributed by atoms with Crippen LogP contribution in [0.2, 0.25) is 0 Å². The Morgan fingerprint density at radius 3 is 2.80 bits per heavy atom. The maximum atomic E-state index is 12.6. The molecule has 1 fully saturated rings. The fraction of sp³-hybridized carbons (Fsp3) is 0.571. The lowest BCUT2D eigenvalue weighted by Gasteiger charge is -2.33. The first-order valence-electron chi connectivity index (χ1n) is 6.91. The van der Waals surface area contributed by atoms with Crippen LogP contribution in [0.3, 0.4) is 0 Å². The van der Waals surface area contributed by atoms with Crippen LogP contribution in [-0.4, -0.2) is 44.7 Å². The number of carbonyl (C=O) groups excluding carboxylic acids is 1. The van der Waals surface area contributed by atoms with E-state index in [1.54, 1.807) is 13.0 Å². The van der Waals surface area contributed by atoms with Crippen molar-refractivity contribution in [1.82, 2.24) is 15.1 Å². The summed E-state index contributed by atoms with van der Waals surface area (Å²) in [5.41, 5.74) is 1.76. The second-order valence-corrected chi connectivity index (χ2v) is 5.05. The van der Waals surface area contributed by atoms with Crippen molar-refractivity contribution in [1.29, 1.82) is 0 Å². The average molecular weight is 277 g/mol. The zero-order valence-corrected chi connectivity index (χ0v) is 11.8. The van der Waals surface area contributed by atoms with E-state index >= 15 is 0 Å². The highest BCUT2D eigenvalue weighted by molar-refractivity contribution is 5.97. The van der Waals surface area contributed by atoms with Gasteiger partial charge >= 0.3 is 5.97 Å². The van der Waals surface area contributed by atoms with Crippen molar-refractivity contribution in [3.63, 3.8) is 0 Å². The van der Waals surface area contributed by atoms with Gasteiger partial charge in [0, 0.05) is 6.54 Å². The first-order chi connectivity index (χ1) is 9.54. The number of aliphatic carboxylic acids is 1. The molecule has 20 heavy (non-hydrogen) atoms. The van der Waals surface area contributed by atoms with Crippen molar-refractivity contribution < 1.29 is 14.7 Å². The highest BCUT2D eigenvalue weighted by Gasteiger charge is 2.33. The van der Waals surface area contributed by atoms with E-state index < -0.39 is 12.0 Å². The van der Waals surface area contributed by atoms with Crippen LogP contribution in [-0.2, 0) is 11.2 Å². The fourth-order valence-corrected chi connectivity index (χ4v) is 2.55. The zero-order valence-electron chi connectivity index (χ0n) is 11.8. The van der Waals surface area contributed by atoms with Crippen molar-refractivity contribution in [2.24, 2.45) is 0 Å². The maximum absolute atomic E-state index is 12.6. The van der Waals surface area contributed by atoms with E-state index in [9.17, 15) is 14.7 Å². The molecule has 1 amide bonds. The van der Waals surface area contributed by atoms with Crippen LogP contribution in [0, 0.1) is 6.92 Å².